The minimum absolute atomic E-state index is 0.00774. The number of rotatable bonds is 4. The van der Waals surface area contributed by atoms with E-state index >= 15 is 0 Å². The second-order valence-corrected chi connectivity index (χ2v) is 6.09. The molecule has 20 heavy (non-hydrogen) atoms. The van der Waals surface area contributed by atoms with Gasteiger partial charge in [0, 0.05) is 16.1 Å². The fourth-order valence-corrected chi connectivity index (χ4v) is 2.26. The van der Waals surface area contributed by atoms with E-state index < -0.39 is 0 Å². The highest BCUT2D eigenvalue weighted by atomic mass is 35.5. The fraction of sp³-hybridized carbons (Fsp3) is 0.278. The van der Waals surface area contributed by atoms with Crippen molar-refractivity contribution in [1.82, 2.24) is 0 Å². The molecule has 0 saturated heterocycles. The molecule has 0 amide bonds. The molecule has 0 unspecified atom stereocenters. The summed E-state index contributed by atoms with van der Waals surface area (Å²) in [4.78, 5) is 12.4. The van der Waals surface area contributed by atoms with Gasteiger partial charge < -0.3 is 0 Å². The Labute approximate surface area is 125 Å². The molecule has 104 valence electrons. The summed E-state index contributed by atoms with van der Waals surface area (Å²) in [7, 11) is 0. The Morgan fingerprint density at radius 1 is 1.05 bits per heavy atom. The zero-order chi connectivity index (χ0) is 14.8. The number of hydrogen-bond donors (Lipinski definition) is 0. The molecule has 0 aliphatic carbocycles. The summed E-state index contributed by atoms with van der Waals surface area (Å²) >= 11 is 5.93. The Bertz CT molecular complexity index is 612. The first-order valence-electron chi connectivity index (χ1n) is 6.85. The van der Waals surface area contributed by atoms with Crippen molar-refractivity contribution < 1.29 is 4.79 Å². The van der Waals surface area contributed by atoms with E-state index in [0.717, 1.165) is 6.42 Å². The largest absolute Gasteiger partial charge is 0.289 e. The van der Waals surface area contributed by atoms with Crippen LogP contribution in [0.4, 0.5) is 0 Å². The predicted octanol–water partition coefficient (Wildman–Crippen LogP) is 5.26. The Kier molecular flexibility index (Phi) is 4.29. The van der Waals surface area contributed by atoms with Crippen molar-refractivity contribution in [2.45, 2.75) is 32.6 Å². The molecule has 0 radical (unpaired) electrons. The first-order chi connectivity index (χ1) is 9.44. The van der Waals surface area contributed by atoms with E-state index in [2.05, 4.69) is 20.8 Å². The maximum Gasteiger partial charge on any atom is 0.193 e. The summed E-state index contributed by atoms with van der Waals surface area (Å²) in [6.45, 7) is 6.59. The average molecular weight is 287 g/mol. The SMILES string of the molecule is CCC(C)(C)c1ccc(C(=O)c2cccc(Cl)c2)cc1. The van der Waals surface area contributed by atoms with Gasteiger partial charge in [-0.1, -0.05) is 68.8 Å². The molecule has 0 aliphatic heterocycles. The number of carbonyl (C=O) groups excluding carboxylic acids is 1. The highest BCUT2D eigenvalue weighted by Gasteiger charge is 2.18. The molecule has 2 rings (SSSR count). The molecule has 0 aliphatic rings. The molecule has 2 aromatic rings. The zero-order valence-electron chi connectivity index (χ0n) is 12.1. The minimum Gasteiger partial charge on any atom is -0.289 e. The zero-order valence-corrected chi connectivity index (χ0v) is 12.9. The van der Waals surface area contributed by atoms with Gasteiger partial charge in [0.1, 0.15) is 0 Å². The predicted molar refractivity (Wildman–Crippen MR) is 84.6 cm³/mol. The van der Waals surface area contributed by atoms with Gasteiger partial charge in [-0.05, 0) is 29.5 Å². The molecular formula is C18H19ClO. The first kappa shape index (κ1) is 14.8. The van der Waals surface area contributed by atoms with E-state index in [4.69, 9.17) is 11.6 Å². The molecule has 0 bridgehead atoms. The van der Waals surface area contributed by atoms with Crippen LogP contribution in [-0.4, -0.2) is 5.78 Å². The third-order valence-electron chi connectivity index (χ3n) is 3.90. The van der Waals surface area contributed by atoms with Crippen LogP contribution in [0.5, 0.6) is 0 Å². The lowest BCUT2D eigenvalue weighted by Gasteiger charge is -2.23. The third kappa shape index (κ3) is 3.10. The monoisotopic (exact) mass is 286 g/mol. The van der Waals surface area contributed by atoms with Crippen LogP contribution < -0.4 is 0 Å². The van der Waals surface area contributed by atoms with E-state index in [9.17, 15) is 4.79 Å². The topological polar surface area (TPSA) is 17.1 Å². The van der Waals surface area contributed by atoms with Gasteiger partial charge in [-0.15, -0.1) is 0 Å². The number of ketones is 1. The van der Waals surface area contributed by atoms with Crippen LogP contribution in [0.2, 0.25) is 5.02 Å². The molecule has 0 saturated carbocycles. The molecule has 0 fully saturated rings. The van der Waals surface area contributed by atoms with Gasteiger partial charge in [0.2, 0.25) is 0 Å². The maximum atomic E-state index is 12.4. The lowest BCUT2D eigenvalue weighted by atomic mass is 9.82. The van der Waals surface area contributed by atoms with Gasteiger partial charge in [-0.2, -0.15) is 0 Å². The number of halogens is 1. The van der Waals surface area contributed by atoms with Gasteiger partial charge in [0.25, 0.3) is 0 Å². The van der Waals surface area contributed by atoms with Gasteiger partial charge >= 0.3 is 0 Å². The molecule has 2 aromatic carbocycles. The second-order valence-electron chi connectivity index (χ2n) is 5.65. The Morgan fingerprint density at radius 3 is 2.25 bits per heavy atom. The Hall–Kier alpha value is -1.60. The summed E-state index contributed by atoms with van der Waals surface area (Å²) in [6, 6.07) is 14.9. The van der Waals surface area contributed by atoms with Crippen LogP contribution in [0.15, 0.2) is 48.5 Å². The minimum atomic E-state index is 0.00774. The standard InChI is InChI=1S/C18H19ClO/c1-4-18(2,3)15-10-8-13(9-11-15)17(20)14-6-5-7-16(19)12-14/h5-12H,4H2,1-3H3. The summed E-state index contributed by atoms with van der Waals surface area (Å²) in [5.74, 6) is 0.00774. The normalized spacial score (nSPS) is 11.4. The highest BCUT2D eigenvalue weighted by Crippen LogP contribution is 2.27. The van der Waals surface area contributed by atoms with Crippen molar-refractivity contribution in [3.63, 3.8) is 0 Å². The molecule has 2 heteroatoms. The maximum absolute atomic E-state index is 12.4. The van der Waals surface area contributed by atoms with E-state index in [1.807, 2.05) is 24.3 Å². The van der Waals surface area contributed by atoms with Gasteiger partial charge in [0.05, 0.1) is 0 Å². The van der Waals surface area contributed by atoms with E-state index in [-0.39, 0.29) is 11.2 Å². The van der Waals surface area contributed by atoms with Crippen molar-refractivity contribution in [3.05, 3.63) is 70.2 Å². The van der Waals surface area contributed by atoms with E-state index in [1.165, 1.54) is 5.56 Å². The van der Waals surface area contributed by atoms with E-state index in [1.54, 1.807) is 24.3 Å². The summed E-state index contributed by atoms with van der Waals surface area (Å²) in [6.07, 6.45) is 1.06. The lowest BCUT2D eigenvalue weighted by molar-refractivity contribution is 0.103. The van der Waals surface area contributed by atoms with Crippen LogP contribution >= 0.6 is 11.6 Å². The van der Waals surface area contributed by atoms with Gasteiger partial charge in [-0.25, -0.2) is 0 Å². The summed E-state index contributed by atoms with van der Waals surface area (Å²) in [5, 5.41) is 0.583. The number of hydrogen-bond acceptors (Lipinski definition) is 1. The molecule has 1 nitrogen and oxygen atoms in total. The summed E-state index contributed by atoms with van der Waals surface area (Å²) < 4.78 is 0. The van der Waals surface area contributed by atoms with Crippen LogP contribution in [0.3, 0.4) is 0 Å². The Morgan fingerprint density at radius 2 is 1.70 bits per heavy atom. The molecule has 0 spiro atoms. The number of carbonyl (C=O) groups is 1. The molecule has 0 N–H and O–H groups in total. The summed E-state index contributed by atoms with van der Waals surface area (Å²) in [5.41, 5.74) is 2.71. The fourth-order valence-electron chi connectivity index (χ4n) is 2.07. The van der Waals surface area contributed by atoms with E-state index in [0.29, 0.717) is 16.1 Å². The van der Waals surface area contributed by atoms with Crippen LogP contribution in [0.1, 0.15) is 48.7 Å². The smallest absolute Gasteiger partial charge is 0.193 e. The molecular weight excluding hydrogens is 268 g/mol. The van der Waals surface area contributed by atoms with Gasteiger partial charge in [-0.3, -0.25) is 4.79 Å². The van der Waals surface area contributed by atoms with Crippen LogP contribution in [0.25, 0.3) is 0 Å². The number of benzene rings is 2. The molecule has 0 atom stereocenters. The average Bonchev–Trinajstić information content (AvgIpc) is 2.46. The van der Waals surface area contributed by atoms with Crippen molar-refractivity contribution in [1.29, 1.82) is 0 Å². The van der Waals surface area contributed by atoms with Crippen molar-refractivity contribution in [2.75, 3.05) is 0 Å². The highest BCUT2D eigenvalue weighted by molar-refractivity contribution is 6.31. The van der Waals surface area contributed by atoms with Crippen molar-refractivity contribution in [3.8, 4) is 0 Å². The second kappa shape index (κ2) is 5.80. The Balaban J connectivity index is 2.29. The molecule has 0 heterocycles. The van der Waals surface area contributed by atoms with Gasteiger partial charge in [0.15, 0.2) is 5.78 Å². The van der Waals surface area contributed by atoms with Crippen LogP contribution in [0, 0.1) is 0 Å². The van der Waals surface area contributed by atoms with Crippen LogP contribution in [-0.2, 0) is 5.41 Å². The van der Waals surface area contributed by atoms with Crippen molar-refractivity contribution >= 4 is 17.4 Å². The third-order valence-corrected chi connectivity index (χ3v) is 4.13. The molecule has 0 aromatic heterocycles. The first-order valence-corrected chi connectivity index (χ1v) is 7.22. The quantitative estimate of drug-likeness (QED) is 0.701. The van der Waals surface area contributed by atoms with Crippen molar-refractivity contribution in [2.24, 2.45) is 0 Å². The lowest BCUT2D eigenvalue weighted by Crippen LogP contribution is -2.15.